The van der Waals surface area contributed by atoms with Crippen molar-refractivity contribution in [3.05, 3.63) is 45.7 Å². The van der Waals surface area contributed by atoms with Crippen LogP contribution >= 0.6 is 0 Å². The van der Waals surface area contributed by atoms with Gasteiger partial charge >= 0.3 is 0 Å². The second-order valence-corrected chi connectivity index (χ2v) is 9.87. The number of nitrogens with one attached hydrogen (secondary N) is 1. The molecular formula is C24H25FN4O8. The minimum absolute atomic E-state index is 0.0133. The van der Waals surface area contributed by atoms with Crippen LogP contribution < -0.4 is 16.8 Å². The van der Waals surface area contributed by atoms with E-state index >= 15 is 4.39 Å². The van der Waals surface area contributed by atoms with Crippen LogP contribution in [-0.4, -0.2) is 80.0 Å². The Kier molecular flexibility index (Phi) is 5.62. The standard InChI is InChI=1S/C24H25FN4O8/c25-11-6-12(28-13(30)7-29-2-1-3-29)18(31)15-9(11)4-8-5-10-17(26)20(33)16(23(27)36)22(35)24(10,37)21(34)14(8)19(15)32/h6,8,10,17,31,33-34,37H,1-5,7,26H2,(H2,27,36)(H,28,30)/t8-,10-,17-,24-/m0/s1. The second-order valence-electron chi connectivity index (χ2n) is 9.87. The molecule has 2 amide bonds. The van der Waals surface area contributed by atoms with Crippen molar-refractivity contribution in [2.24, 2.45) is 23.3 Å². The first-order valence-corrected chi connectivity index (χ1v) is 11.7. The number of aliphatic hydroxyl groups excluding tert-OH is 2. The summed E-state index contributed by atoms with van der Waals surface area (Å²) >= 11 is 0. The summed E-state index contributed by atoms with van der Waals surface area (Å²) in [6.45, 7) is 1.46. The summed E-state index contributed by atoms with van der Waals surface area (Å²) in [7, 11) is 0. The number of likely N-dealkylation sites (tertiary alicyclic amines) is 1. The van der Waals surface area contributed by atoms with E-state index in [0.29, 0.717) is 0 Å². The van der Waals surface area contributed by atoms with Crippen LogP contribution in [-0.2, 0) is 20.8 Å². The summed E-state index contributed by atoms with van der Waals surface area (Å²) in [4.78, 5) is 52.5. The number of amides is 2. The maximum atomic E-state index is 15.2. The fraction of sp³-hybridized carbons (Fsp3) is 0.417. The van der Waals surface area contributed by atoms with Crippen molar-refractivity contribution in [2.45, 2.75) is 30.9 Å². The lowest BCUT2D eigenvalue weighted by atomic mass is 9.59. The molecule has 196 valence electrons. The lowest BCUT2D eigenvalue weighted by Crippen LogP contribution is -2.63. The number of nitrogens with two attached hydrogens (primary N) is 2. The number of primary amides is 1. The third-order valence-corrected chi connectivity index (χ3v) is 7.79. The quantitative estimate of drug-likeness (QED) is 0.197. The van der Waals surface area contributed by atoms with Crippen LogP contribution in [0.4, 0.5) is 10.1 Å². The molecule has 1 aromatic carbocycles. The Labute approximate surface area is 209 Å². The van der Waals surface area contributed by atoms with E-state index < -0.39 is 86.7 Å². The van der Waals surface area contributed by atoms with Crippen molar-refractivity contribution in [3.63, 3.8) is 0 Å². The van der Waals surface area contributed by atoms with Crippen LogP contribution in [0.3, 0.4) is 0 Å². The smallest absolute Gasteiger partial charge is 0.255 e. The van der Waals surface area contributed by atoms with Gasteiger partial charge in [-0.3, -0.25) is 24.1 Å². The number of Topliss-reactive ketones (excluding diaryl/α,β-unsaturated/α-hetero) is 2. The number of phenolic OH excluding ortho intramolecular Hbond substituents is 1. The SMILES string of the molecule is NC(=O)C1=C(O)[C@@H](N)[C@@H]2C[C@@H]3Cc4c(F)cc(NC(=O)CN5CCC5)c(O)c4C(=O)C3=C(O)[C@]2(O)C1=O. The molecule has 0 bridgehead atoms. The number of rotatable bonds is 4. The summed E-state index contributed by atoms with van der Waals surface area (Å²) in [5.74, 6) is -10.3. The third kappa shape index (κ3) is 3.45. The number of phenols is 1. The summed E-state index contributed by atoms with van der Waals surface area (Å²) in [5, 5.41) is 45.9. The van der Waals surface area contributed by atoms with Gasteiger partial charge in [0, 0.05) is 23.1 Å². The van der Waals surface area contributed by atoms with Crippen LogP contribution in [0.1, 0.15) is 28.8 Å². The molecule has 1 saturated heterocycles. The highest BCUT2D eigenvalue weighted by Crippen LogP contribution is 2.52. The average molecular weight is 516 g/mol. The van der Waals surface area contributed by atoms with Crippen molar-refractivity contribution in [2.75, 3.05) is 25.0 Å². The minimum atomic E-state index is -2.85. The van der Waals surface area contributed by atoms with Crippen LogP contribution in [0.5, 0.6) is 5.75 Å². The molecule has 4 aliphatic rings. The van der Waals surface area contributed by atoms with E-state index in [1.807, 2.05) is 4.90 Å². The zero-order chi connectivity index (χ0) is 27.0. The molecule has 5 rings (SSSR count). The Bertz CT molecular complexity index is 1350. The van der Waals surface area contributed by atoms with Gasteiger partial charge in [0.25, 0.3) is 5.91 Å². The van der Waals surface area contributed by atoms with Crippen molar-refractivity contribution in [1.29, 1.82) is 0 Å². The number of anilines is 1. The number of allylic oxidation sites excluding steroid dienone is 1. The molecule has 9 N–H and O–H groups in total. The molecule has 37 heavy (non-hydrogen) atoms. The predicted octanol–water partition coefficient (Wildman–Crippen LogP) is -0.699. The first kappa shape index (κ1) is 24.9. The van der Waals surface area contributed by atoms with Crippen molar-refractivity contribution < 1.29 is 44.0 Å². The highest BCUT2D eigenvalue weighted by Gasteiger charge is 2.62. The third-order valence-electron chi connectivity index (χ3n) is 7.79. The van der Waals surface area contributed by atoms with Crippen LogP contribution in [0.15, 0.2) is 28.7 Å². The number of fused-ring (bicyclic) bond motifs is 3. The monoisotopic (exact) mass is 516 g/mol. The summed E-state index contributed by atoms with van der Waals surface area (Å²) in [5.41, 5.74) is 5.79. The van der Waals surface area contributed by atoms with Crippen molar-refractivity contribution >= 4 is 29.1 Å². The molecule has 1 heterocycles. The normalized spacial score (nSPS) is 29.3. The van der Waals surface area contributed by atoms with Crippen LogP contribution in [0.2, 0.25) is 0 Å². The van der Waals surface area contributed by atoms with Gasteiger partial charge in [0.05, 0.1) is 23.8 Å². The number of hydrogen-bond acceptors (Lipinski definition) is 10. The Morgan fingerprint density at radius 2 is 1.89 bits per heavy atom. The lowest BCUT2D eigenvalue weighted by molar-refractivity contribution is -0.145. The number of benzene rings is 1. The number of aromatic hydroxyl groups is 1. The maximum absolute atomic E-state index is 15.2. The first-order valence-electron chi connectivity index (χ1n) is 11.7. The Balaban J connectivity index is 1.58. The van der Waals surface area contributed by atoms with Crippen molar-refractivity contribution in [1.82, 2.24) is 4.90 Å². The molecule has 3 aliphatic carbocycles. The number of nitrogens with zero attached hydrogens (tertiary/aromatic N) is 1. The molecule has 1 aromatic rings. The highest BCUT2D eigenvalue weighted by molar-refractivity contribution is 6.25. The van der Waals surface area contributed by atoms with Gasteiger partial charge in [-0.2, -0.15) is 0 Å². The zero-order valence-electron chi connectivity index (χ0n) is 19.5. The molecule has 0 radical (unpaired) electrons. The van der Waals surface area contributed by atoms with E-state index in [1.54, 1.807) is 0 Å². The van der Waals surface area contributed by atoms with Gasteiger partial charge in [-0.25, -0.2) is 4.39 Å². The summed E-state index contributed by atoms with van der Waals surface area (Å²) in [6, 6.07) is -0.597. The lowest BCUT2D eigenvalue weighted by Gasteiger charge is -2.47. The van der Waals surface area contributed by atoms with Crippen LogP contribution in [0.25, 0.3) is 0 Å². The van der Waals surface area contributed by atoms with Gasteiger partial charge in [0.1, 0.15) is 22.9 Å². The van der Waals surface area contributed by atoms with Gasteiger partial charge in [-0.1, -0.05) is 0 Å². The molecule has 0 saturated carbocycles. The topological polar surface area (TPSA) is 217 Å². The Morgan fingerprint density at radius 3 is 2.49 bits per heavy atom. The Hall–Kier alpha value is -3.81. The summed E-state index contributed by atoms with van der Waals surface area (Å²) < 4.78 is 15.2. The van der Waals surface area contributed by atoms with Gasteiger partial charge < -0.3 is 37.2 Å². The predicted molar refractivity (Wildman–Crippen MR) is 124 cm³/mol. The molecule has 1 aliphatic heterocycles. The molecule has 0 unspecified atom stereocenters. The van der Waals surface area contributed by atoms with Gasteiger partial charge in [-0.15, -0.1) is 0 Å². The average Bonchev–Trinajstić information content (AvgIpc) is 2.80. The van der Waals surface area contributed by atoms with Gasteiger partial charge in [0.15, 0.2) is 17.1 Å². The molecule has 0 aromatic heterocycles. The van der Waals surface area contributed by atoms with Crippen LogP contribution in [0, 0.1) is 17.7 Å². The molecule has 1 fully saturated rings. The first-order chi connectivity index (χ1) is 17.4. The zero-order valence-corrected chi connectivity index (χ0v) is 19.5. The number of carbonyl (C=O) groups is 4. The maximum Gasteiger partial charge on any atom is 0.255 e. The molecule has 4 atom stereocenters. The highest BCUT2D eigenvalue weighted by atomic mass is 19.1. The fourth-order valence-corrected chi connectivity index (χ4v) is 5.76. The number of hydrogen-bond donors (Lipinski definition) is 7. The largest absolute Gasteiger partial charge is 0.510 e. The van der Waals surface area contributed by atoms with Gasteiger partial charge in [0.2, 0.25) is 11.7 Å². The molecular weight excluding hydrogens is 491 g/mol. The van der Waals surface area contributed by atoms with E-state index in [4.69, 9.17) is 11.5 Å². The van der Waals surface area contributed by atoms with Gasteiger partial charge in [-0.05, 0) is 38.3 Å². The Morgan fingerprint density at radius 1 is 1.22 bits per heavy atom. The van der Waals surface area contributed by atoms with E-state index in [0.717, 1.165) is 25.6 Å². The number of carbonyl (C=O) groups excluding carboxylic acids is 4. The number of halogens is 1. The minimum Gasteiger partial charge on any atom is -0.510 e. The summed E-state index contributed by atoms with van der Waals surface area (Å²) in [6.07, 6.45) is 0.484. The van der Waals surface area contributed by atoms with E-state index in [1.165, 1.54) is 0 Å². The number of aliphatic hydroxyl groups is 3. The van der Waals surface area contributed by atoms with E-state index in [2.05, 4.69) is 5.32 Å². The fourth-order valence-electron chi connectivity index (χ4n) is 5.76. The molecule has 13 heteroatoms. The number of ketones is 2. The molecule has 12 nitrogen and oxygen atoms in total. The van der Waals surface area contributed by atoms with E-state index in [9.17, 15) is 39.6 Å². The van der Waals surface area contributed by atoms with Crippen molar-refractivity contribution in [3.8, 4) is 5.75 Å². The second kappa shape index (κ2) is 8.36. The van der Waals surface area contributed by atoms with E-state index in [-0.39, 0.29) is 30.6 Å². The molecule has 0 spiro atoms.